The van der Waals surface area contributed by atoms with Gasteiger partial charge in [0.2, 0.25) is 0 Å². The maximum atomic E-state index is 5.96. The van der Waals surface area contributed by atoms with Crippen LogP contribution in [0.5, 0.6) is 0 Å². The van der Waals surface area contributed by atoms with Crippen LogP contribution in [-0.2, 0) is 13.0 Å². The normalized spacial score (nSPS) is 19.3. The number of rotatable bonds is 4. The van der Waals surface area contributed by atoms with Crippen molar-refractivity contribution in [3.63, 3.8) is 0 Å². The lowest BCUT2D eigenvalue weighted by Gasteiger charge is -2.24. The fraction of sp³-hybridized carbons (Fsp3) is 0.471. The molecule has 4 heteroatoms. The van der Waals surface area contributed by atoms with E-state index in [0.717, 1.165) is 36.0 Å². The molecule has 0 aliphatic carbocycles. The van der Waals surface area contributed by atoms with Crippen molar-refractivity contribution >= 4 is 11.6 Å². The molecule has 21 heavy (non-hydrogen) atoms. The summed E-state index contributed by atoms with van der Waals surface area (Å²) in [4.78, 5) is 2.53. The van der Waals surface area contributed by atoms with Gasteiger partial charge in [-0.25, -0.2) is 0 Å². The van der Waals surface area contributed by atoms with Crippen LogP contribution >= 0.6 is 11.6 Å². The Morgan fingerprint density at radius 3 is 2.81 bits per heavy atom. The van der Waals surface area contributed by atoms with Gasteiger partial charge < -0.3 is 4.52 Å². The second-order valence-corrected chi connectivity index (χ2v) is 6.15. The second-order valence-electron chi connectivity index (χ2n) is 5.71. The van der Waals surface area contributed by atoms with Crippen LogP contribution < -0.4 is 0 Å². The van der Waals surface area contributed by atoms with Crippen molar-refractivity contribution < 1.29 is 4.52 Å². The van der Waals surface area contributed by atoms with Crippen LogP contribution in [0.4, 0.5) is 0 Å². The molecule has 3 rings (SSSR count). The third-order valence-electron chi connectivity index (χ3n) is 4.30. The summed E-state index contributed by atoms with van der Waals surface area (Å²) in [7, 11) is 0. The van der Waals surface area contributed by atoms with Gasteiger partial charge in [-0.3, -0.25) is 4.90 Å². The van der Waals surface area contributed by atoms with Gasteiger partial charge in [0.25, 0.3) is 0 Å². The SMILES string of the molecule is CCc1onc(C)c1[C@H]1CCCN1Cc1ccc(Cl)cc1. The van der Waals surface area contributed by atoms with E-state index in [4.69, 9.17) is 16.1 Å². The van der Waals surface area contributed by atoms with Gasteiger partial charge in [-0.05, 0) is 44.0 Å². The zero-order valence-electron chi connectivity index (χ0n) is 12.6. The van der Waals surface area contributed by atoms with Gasteiger partial charge in [0, 0.05) is 29.6 Å². The molecule has 0 saturated carbocycles. The summed E-state index contributed by atoms with van der Waals surface area (Å²) in [5, 5.41) is 4.96. The van der Waals surface area contributed by atoms with Gasteiger partial charge in [0.1, 0.15) is 5.76 Å². The van der Waals surface area contributed by atoms with E-state index in [1.165, 1.54) is 24.0 Å². The predicted molar refractivity (Wildman–Crippen MR) is 84.5 cm³/mol. The van der Waals surface area contributed by atoms with E-state index in [0.29, 0.717) is 6.04 Å². The summed E-state index contributed by atoms with van der Waals surface area (Å²) in [6.45, 7) is 6.26. The van der Waals surface area contributed by atoms with Crippen LogP contribution in [0.15, 0.2) is 28.8 Å². The molecule has 2 heterocycles. The molecule has 1 aromatic carbocycles. The first kappa shape index (κ1) is 14.6. The largest absolute Gasteiger partial charge is 0.361 e. The number of benzene rings is 1. The lowest BCUT2D eigenvalue weighted by Crippen LogP contribution is -2.23. The second kappa shape index (κ2) is 6.20. The Morgan fingerprint density at radius 2 is 2.10 bits per heavy atom. The summed E-state index contributed by atoms with van der Waals surface area (Å²) >= 11 is 5.96. The Balaban J connectivity index is 1.82. The number of likely N-dealkylation sites (tertiary alicyclic amines) is 1. The minimum absolute atomic E-state index is 0.432. The fourth-order valence-corrected chi connectivity index (χ4v) is 3.40. The number of nitrogens with zero attached hydrogens (tertiary/aromatic N) is 2. The predicted octanol–water partition coefficient (Wildman–Crippen LogP) is 4.54. The van der Waals surface area contributed by atoms with Gasteiger partial charge >= 0.3 is 0 Å². The molecule has 0 radical (unpaired) electrons. The third-order valence-corrected chi connectivity index (χ3v) is 4.55. The fourth-order valence-electron chi connectivity index (χ4n) is 3.27. The maximum Gasteiger partial charge on any atom is 0.141 e. The Bertz CT molecular complexity index is 606. The average Bonchev–Trinajstić information content (AvgIpc) is 3.07. The van der Waals surface area contributed by atoms with Crippen LogP contribution in [-0.4, -0.2) is 16.6 Å². The third kappa shape index (κ3) is 2.99. The molecule has 0 amide bonds. The summed E-state index contributed by atoms with van der Waals surface area (Å²) < 4.78 is 5.48. The number of aromatic nitrogens is 1. The molecule has 2 aromatic rings. The number of hydrogen-bond donors (Lipinski definition) is 0. The summed E-state index contributed by atoms with van der Waals surface area (Å²) in [5.41, 5.74) is 3.65. The van der Waals surface area contributed by atoms with Gasteiger partial charge in [0.05, 0.1) is 5.69 Å². The molecule has 0 unspecified atom stereocenters. The van der Waals surface area contributed by atoms with Crippen molar-refractivity contribution in [2.24, 2.45) is 0 Å². The summed E-state index contributed by atoms with van der Waals surface area (Å²) in [6, 6.07) is 8.58. The number of aryl methyl sites for hydroxylation is 2. The molecule has 1 aliphatic heterocycles. The van der Waals surface area contributed by atoms with Gasteiger partial charge in [-0.15, -0.1) is 0 Å². The summed E-state index contributed by atoms with van der Waals surface area (Å²) in [5.74, 6) is 1.04. The molecule has 1 aromatic heterocycles. The number of halogens is 1. The van der Waals surface area contributed by atoms with E-state index in [1.807, 2.05) is 12.1 Å². The molecule has 0 N–H and O–H groups in total. The van der Waals surface area contributed by atoms with Crippen molar-refractivity contribution in [1.82, 2.24) is 10.1 Å². The summed E-state index contributed by atoms with van der Waals surface area (Å²) in [6.07, 6.45) is 3.32. The molecule has 3 nitrogen and oxygen atoms in total. The van der Waals surface area contributed by atoms with Crippen LogP contribution in [0.25, 0.3) is 0 Å². The quantitative estimate of drug-likeness (QED) is 0.830. The van der Waals surface area contributed by atoms with Crippen molar-refractivity contribution in [3.8, 4) is 0 Å². The zero-order chi connectivity index (χ0) is 14.8. The molecule has 1 saturated heterocycles. The highest BCUT2D eigenvalue weighted by Gasteiger charge is 2.31. The van der Waals surface area contributed by atoms with Crippen LogP contribution in [0.3, 0.4) is 0 Å². The van der Waals surface area contributed by atoms with Gasteiger partial charge in [-0.2, -0.15) is 0 Å². The van der Waals surface area contributed by atoms with Crippen LogP contribution in [0.2, 0.25) is 5.02 Å². The minimum atomic E-state index is 0.432. The molecule has 1 atom stereocenters. The smallest absolute Gasteiger partial charge is 0.141 e. The van der Waals surface area contributed by atoms with Crippen molar-refractivity contribution in [2.75, 3.05) is 6.54 Å². The van der Waals surface area contributed by atoms with Crippen LogP contribution in [0, 0.1) is 6.92 Å². The first-order valence-corrected chi connectivity index (χ1v) is 8.00. The molecule has 112 valence electrons. The Labute approximate surface area is 130 Å². The first-order valence-electron chi connectivity index (χ1n) is 7.62. The lowest BCUT2D eigenvalue weighted by molar-refractivity contribution is 0.245. The Kier molecular flexibility index (Phi) is 4.32. The highest BCUT2D eigenvalue weighted by atomic mass is 35.5. The average molecular weight is 305 g/mol. The highest BCUT2D eigenvalue weighted by Crippen LogP contribution is 2.36. The van der Waals surface area contributed by atoms with E-state index in [9.17, 15) is 0 Å². The molecule has 0 spiro atoms. The monoisotopic (exact) mass is 304 g/mol. The van der Waals surface area contributed by atoms with Crippen molar-refractivity contribution in [1.29, 1.82) is 0 Å². The lowest BCUT2D eigenvalue weighted by atomic mass is 10.0. The molecule has 1 fully saturated rings. The highest BCUT2D eigenvalue weighted by molar-refractivity contribution is 6.30. The van der Waals surface area contributed by atoms with E-state index in [1.54, 1.807) is 0 Å². The maximum absolute atomic E-state index is 5.96. The standard InChI is InChI=1S/C17H21ClN2O/c1-3-16-17(12(2)19-21-16)15-5-4-10-20(15)11-13-6-8-14(18)9-7-13/h6-9,15H,3-5,10-11H2,1-2H3/t15-/m1/s1. The zero-order valence-corrected chi connectivity index (χ0v) is 13.4. The van der Waals surface area contributed by atoms with E-state index in [2.05, 4.69) is 36.0 Å². The van der Waals surface area contributed by atoms with Gasteiger partial charge in [0.15, 0.2) is 0 Å². The molecule has 1 aliphatic rings. The Hall–Kier alpha value is -1.32. The van der Waals surface area contributed by atoms with Crippen molar-refractivity contribution in [2.45, 2.75) is 45.7 Å². The van der Waals surface area contributed by atoms with Crippen LogP contribution in [0.1, 0.15) is 48.4 Å². The molecular formula is C17H21ClN2O. The minimum Gasteiger partial charge on any atom is -0.361 e. The number of hydrogen-bond acceptors (Lipinski definition) is 3. The van der Waals surface area contributed by atoms with E-state index in [-0.39, 0.29) is 0 Å². The van der Waals surface area contributed by atoms with Gasteiger partial charge in [-0.1, -0.05) is 35.8 Å². The Morgan fingerprint density at radius 1 is 1.33 bits per heavy atom. The first-order chi connectivity index (χ1) is 10.2. The molecule has 0 bridgehead atoms. The topological polar surface area (TPSA) is 29.3 Å². The van der Waals surface area contributed by atoms with Crippen molar-refractivity contribution in [3.05, 3.63) is 51.9 Å². The van der Waals surface area contributed by atoms with E-state index < -0.39 is 0 Å². The van der Waals surface area contributed by atoms with E-state index >= 15 is 0 Å². The molecular weight excluding hydrogens is 284 g/mol.